The number of ether oxygens (including phenoxy) is 1. The molecule has 5 N–H and O–H groups in total. The largest absolute Gasteiger partial charge is 0.479 e. The van der Waals surface area contributed by atoms with Gasteiger partial charge in [0.2, 0.25) is 5.78 Å². The van der Waals surface area contributed by atoms with Crippen LogP contribution in [0.4, 0.5) is 0 Å². The first-order valence-corrected chi connectivity index (χ1v) is 13.0. The standard InChI is InChI=1S/C19H30N5O11P/c1-4-7-9-11-12(23(21-9)18(19(30)31)36(32,33-5-2)34-6-3)16(29)24(22-20-11)17-15(28)14(27)13(26)10(8-25)35-17/h10,13-15,17-18,25-28H,4-8H2,1-3H3,(H,30,31). The Labute approximate surface area is 204 Å². The van der Waals surface area contributed by atoms with Gasteiger partial charge in [0.1, 0.15) is 29.9 Å². The first kappa shape index (κ1) is 28.3. The molecule has 3 rings (SSSR count). The lowest BCUT2D eigenvalue weighted by Crippen LogP contribution is -2.58. The Kier molecular flexibility index (Phi) is 8.95. The van der Waals surface area contributed by atoms with Gasteiger partial charge in [-0.3, -0.25) is 9.36 Å². The highest BCUT2D eigenvalue weighted by atomic mass is 31.2. The van der Waals surface area contributed by atoms with Crippen molar-refractivity contribution in [3.63, 3.8) is 0 Å². The van der Waals surface area contributed by atoms with Gasteiger partial charge in [-0.1, -0.05) is 18.6 Å². The first-order valence-electron chi connectivity index (χ1n) is 11.3. The minimum absolute atomic E-state index is 0.0755. The van der Waals surface area contributed by atoms with Gasteiger partial charge < -0.3 is 39.3 Å². The Morgan fingerprint density at radius 2 is 1.78 bits per heavy atom. The highest BCUT2D eigenvalue weighted by Crippen LogP contribution is 2.59. The number of aliphatic carboxylic acids is 1. The average Bonchev–Trinajstić information content (AvgIpc) is 3.17. The minimum Gasteiger partial charge on any atom is -0.479 e. The summed E-state index contributed by atoms with van der Waals surface area (Å²) in [5, 5.41) is 62.0. The van der Waals surface area contributed by atoms with E-state index in [1.165, 1.54) is 13.8 Å². The molecule has 0 saturated carbocycles. The molecule has 3 heterocycles. The normalized spacial score (nSPS) is 25.8. The summed E-state index contributed by atoms with van der Waals surface area (Å²) in [5.41, 5.74) is -1.36. The number of fused-ring (bicyclic) bond motifs is 1. The molecule has 16 nitrogen and oxygen atoms in total. The molecule has 2 aromatic rings. The second-order valence-electron chi connectivity index (χ2n) is 7.98. The second kappa shape index (κ2) is 11.4. The molecule has 0 aliphatic carbocycles. The van der Waals surface area contributed by atoms with Crippen molar-refractivity contribution in [3.8, 4) is 0 Å². The number of aliphatic hydroxyl groups excluding tert-OH is 4. The Bertz CT molecular complexity index is 1170. The van der Waals surface area contributed by atoms with Gasteiger partial charge >= 0.3 is 13.6 Å². The van der Waals surface area contributed by atoms with Gasteiger partial charge in [0.05, 0.1) is 25.5 Å². The van der Waals surface area contributed by atoms with E-state index in [-0.39, 0.29) is 30.8 Å². The maximum Gasteiger partial charge on any atom is 0.366 e. The molecule has 36 heavy (non-hydrogen) atoms. The van der Waals surface area contributed by atoms with Crippen molar-refractivity contribution in [2.75, 3.05) is 19.8 Å². The molecule has 1 aliphatic rings. The van der Waals surface area contributed by atoms with Crippen molar-refractivity contribution >= 4 is 24.6 Å². The summed E-state index contributed by atoms with van der Waals surface area (Å²) >= 11 is 0. The van der Waals surface area contributed by atoms with Crippen molar-refractivity contribution in [1.29, 1.82) is 0 Å². The van der Waals surface area contributed by atoms with E-state index < -0.39 is 67.7 Å². The predicted octanol–water partition coefficient (Wildman–Crippen LogP) is -1.24. The summed E-state index contributed by atoms with van der Waals surface area (Å²) in [5.74, 6) is -3.71. The fraction of sp³-hybridized carbons (Fsp3) is 0.737. The maximum absolute atomic E-state index is 13.6. The number of hydrogen-bond acceptors (Lipinski definition) is 13. The summed E-state index contributed by atoms with van der Waals surface area (Å²) in [7, 11) is -4.41. The van der Waals surface area contributed by atoms with E-state index in [9.17, 15) is 39.7 Å². The summed E-state index contributed by atoms with van der Waals surface area (Å²) < 4.78 is 30.6. The molecule has 0 spiro atoms. The summed E-state index contributed by atoms with van der Waals surface area (Å²) in [4.78, 5) is 25.9. The molecule has 0 aromatic carbocycles. The smallest absolute Gasteiger partial charge is 0.366 e. The van der Waals surface area contributed by atoms with E-state index in [2.05, 4.69) is 15.4 Å². The SMILES string of the molecule is CCCc1nn(C(C(=O)O)P(=O)(OCC)OCC)c2c(=O)n(C3OC(CO)C(O)C(O)C3O)nnc12. The van der Waals surface area contributed by atoms with E-state index in [0.717, 1.165) is 0 Å². The highest BCUT2D eigenvalue weighted by Gasteiger charge is 2.47. The molecule has 1 saturated heterocycles. The van der Waals surface area contributed by atoms with E-state index in [1.54, 1.807) is 0 Å². The third kappa shape index (κ3) is 4.95. The molecule has 202 valence electrons. The molecular weight excluding hydrogens is 505 g/mol. The van der Waals surface area contributed by atoms with E-state index in [4.69, 9.17) is 13.8 Å². The molecule has 17 heteroatoms. The molecule has 0 amide bonds. The van der Waals surface area contributed by atoms with Gasteiger partial charge in [-0.15, -0.1) is 5.10 Å². The van der Waals surface area contributed by atoms with Crippen molar-refractivity contribution < 1.29 is 48.7 Å². The second-order valence-corrected chi connectivity index (χ2v) is 10.1. The first-order chi connectivity index (χ1) is 17.1. The zero-order valence-electron chi connectivity index (χ0n) is 19.9. The third-order valence-corrected chi connectivity index (χ3v) is 7.85. The number of aryl methyl sites for hydroxylation is 1. The molecule has 1 aliphatic heterocycles. The topological polar surface area (TPSA) is 229 Å². The molecule has 2 aromatic heterocycles. The van der Waals surface area contributed by atoms with Gasteiger partial charge in [0, 0.05) is 0 Å². The van der Waals surface area contributed by atoms with Crippen molar-refractivity contribution in [2.45, 2.75) is 70.0 Å². The molecule has 0 bridgehead atoms. The maximum atomic E-state index is 13.6. The van der Waals surface area contributed by atoms with E-state index in [1.807, 2.05) is 6.92 Å². The van der Waals surface area contributed by atoms with Crippen LogP contribution in [0.3, 0.4) is 0 Å². The highest BCUT2D eigenvalue weighted by molar-refractivity contribution is 7.55. The predicted molar refractivity (Wildman–Crippen MR) is 120 cm³/mol. The van der Waals surface area contributed by atoms with Crippen LogP contribution >= 0.6 is 7.60 Å². The van der Waals surface area contributed by atoms with Gasteiger partial charge in [-0.25, -0.2) is 9.48 Å². The Balaban J connectivity index is 2.28. The summed E-state index contributed by atoms with van der Waals surface area (Å²) in [6, 6.07) is 0. The number of aromatic nitrogens is 5. The molecular formula is C19H30N5O11P. The number of nitrogens with zero attached hydrogens (tertiary/aromatic N) is 5. The Hall–Kier alpha value is -2.30. The van der Waals surface area contributed by atoms with Gasteiger partial charge in [0.25, 0.3) is 5.56 Å². The third-order valence-electron chi connectivity index (χ3n) is 5.57. The summed E-state index contributed by atoms with van der Waals surface area (Å²) in [6.45, 7) is 3.73. The average molecular weight is 535 g/mol. The van der Waals surface area contributed by atoms with Crippen molar-refractivity contribution in [1.82, 2.24) is 24.8 Å². The minimum atomic E-state index is -4.41. The van der Waals surface area contributed by atoms with Crippen LogP contribution in [-0.2, 0) is 29.6 Å². The van der Waals surface area contributed by atoms with Gasteiger partial charge in [-0.2, -0.15) is 9.78 Å². The lowest BCUT2D eigenvalue weighted by atomic mass is 9.98. The quantitative estimate of drug-likeness (QED) is 0.212. The monoisotopic (exact) mass is 535 g/mol. The lowest BCUT2D eigenvalue weighted by molar-refractivity contribution is -0.255. The zero-order valence-corrected chi connectivity index (χ0v) is 20.8. The van der Waals surface area contributed by atoms with Crippen LogP contribution in [0.2, 0.25) is 0 Å². The number of carboxylic acids is 1. The number of carbonyl (C=O) groups is 1. The molecule has 0 radical (unpaired) electrons. The van der Waals surface area contributed by atoms with Crippen LogP contribution in [0.5, 0.6) is 0 Å². The lowest BCUT2D eigenvalue weighted by Gasteiger charge is -2.39. The zero-order chi connectivity index (χ0) is 26.8. The molecule has 6 atom stereocenters. The number of carboxylic acid groups (broad SMARTS) is 1. The van der Waals surface area contributed by atoms with Gasteiger partial charge in [0.15, 0.2) is 11.7 Å². The Morgan fingerprint density at radius 1 is 1.14 bits per heavy atom. The number of hydrogen-bond donors (Lipinski definition) is 5. The summed E-state index contributed by atoms with van der Waals surface area (Å²) in [6.07, 6.45) is -7.62. The van der Waals surface area contributed by atoms with Gasteiger partial charge in [-0.05, 0) is 20.3 Å². The van der Waals surface area contributed by atoms with Crippen LogP contribution in [0.15, 0.2) is 4.79 Å². The van der Waals surface area contributed by atoms with E-state index in [0.29, 0.717) is 15.8 Å². The van der Waals surface area contributed by atoms with Crippen LogP contribution in [0.25, 0.3) is 11.0 Å². The molecule has 6 unspecified atom stereocenters. The fourth-order valence-electron chi connectivity index (χ4n) is 3.96. The van der Waals surface area contributed by atoms with E-state index >= 15 is 0 Å². The number of rotatable bonds is 11. The van der Waals surface area contributed by atoms with Crippen LogP contribution in [-0.4, -0.2) is 101 Å². The van der Waals surface area contributed by atoms with Crippen molar-refractivity contribution in [3.05, 3.63) is 16.0 Å². The van der Waals surface area contributed by atoms with Crippen LogP contribution in [0, 0.1) is 0 Å². The molecule has 1 fully saturated rings. The Morgan fingerprint density at radius 3 is 2.31 bits per heavy atom. The number of aliphatic hydroxyl groups is 4. The van der Waals surface area contributed by atoms with Crippen LogP contribution in [0.1, 0.15) is 44.9 Å². The van der Waals surface area contributed by atoms with Crippen molar-refractivity contribution in [2.24, 2.45) is 0 Å². The van der Waals surface area contributed by atoms with Crippen LogP contribution < -0.4 is 5.56 Å². The fourth-order valence-corrected chi connectivity index (χ4v) is 5.75.